The molecule has 3 aromatic rings. The van der Waals surface area contributed by atoms with Gasteiger partial charge < -0.3 is 20.4 Å². The van der Waals surface area contributed by atoms with Crippen LogP contribution >= 0.6 is 0 Å². The fourth-order valence-corrected chi connectivity index (χ4v) is 6.50. The summed E-state index contributed by atoms with van der Waals surface area (Å²) in [5, 5.41) is 5.19. The summed E-state index contributed by atoms with van der Waals surface area (Å²) >= 11 is 0. The SMILES string of the molecule is C=C1c2cc(F)ccc2CCCCCN(CCN)c2cc(N3CCCC3)nc3cc(nn23)C2CCCCN12. The highest BCUT2D eigenvalue weighted by Crippen LogP contribution is 2.38. The van der Waals surface area contributed by atoms with Crippen LogP contribution in [0, 0.1) is 5.82 Å². The molecule has 38 heavy (non-hydrogen) atoms. The summed E-state index contributed by atoms with van der Waals surface area (Å²) in [6, 6.07) is 9.69. The lowest BCUT2D eigenvalue weighted by molar-refractivity contribution is 0.226. The molecule has 5 heterocycles. The van der Waals surface area contributed by atoms with Crippen LogP contribution in [0.15, 0.2) is 36.9 Å². The van der Waals surface area contributed by atoms with Crippen LogP contribution in [0.25, 0.3) is 11.3 Å². The van der Waals surface area contributed by atoms with Gasteiger partial charge in [0.1, 0.15) is 17.5 Å². The number of piperidine rings is 1. The number of fused-ring (bicyclic) bond motifs is 4. The molecule has 2 fully saturated rings. The molecule has 8 heteroatoms. The Morgan fingerprint density at radius 2 is 1.76 bits per heavy atom. The van der Waals surface area contributed by atoms with Gasteiger partial charge in [0.15, 0.2) is 5.65 Å². The Labute approximate surface area is 225 Å². The normalized spacial score (nSPS) is 20.9. The molecule has 202 valence electrons. The van der Waals surface area contributed by atoms with Crippen molar-refractivity contribution in [1.29, 1.82) is 0 Å². The smallest absolute Gasteiger partial charge is 0.160 e. The molecule has 2 N–H and O–H groups in total. The summed E-state index contributed by atoms with van der Waals surface area (Å²) in [5.74, 6) is 1.91. The van der Waals surface area contributed by atoms with E-state index in [1.54, 1.807) is 12.1 Å². The molecule has 0 radical (unpaired) electrons. The third kappa shape index (κ3) is 4.86. The lowest BCUT2D eigenvalue weighted by atomic mass is 9.94. The first-order valence-corrected chi connectivity index (χ1v) is 14.5. The minimum absolute atomic E-state index is 0.0882. The summed E-state index contributed by atoms with van der Waals surface area (Å²) < 4.78 is 16.5. The van der Waals surface area contributed by atoms with Gasteiger partial charge in [0, 0.05) is 62.7 Å². The summed E-state index contributed by atoms with van der Waals surface area (Å²) in [4.78, 5) is 12.3. The molecular formula is C30H40FN7. The van der Waals surface area contributed by atoms with Crippen molar-refractivity contribution in [3.05, 3.63) is 59.5 Å². The number of rotatable bonds is 3. The molecule has 0 aliphatic carbocycles. The predicted molar refractivity (Wildman–Crippen MR) is 152 cm³/mol. The molecule has 3 aliphatic rings. The van der Waals surface area contributed by atoms with E-state index in [9.17, 15) is 4.39 Å². The zero-order valence-electron chi connectivity index (χ0n) is 22.4. The summed E-state index contributed by atoms with van der Waals surface area (Å²) in [6.45, 7) is 9.80. The number of anilines is 2. The first-order chi connectivity index (χ1) is 18.6. The molecule has 1 unspecified atom stereocenters. The second kappa shape index (κ2) is 10.9. The zero-order chi connectivity index (χ0) is 26.1. The van der Waals surface area contributed by atoms with Gasteiger partial charge in [-0.1, -0.05) is 19.1 Å². The number of nitrogens with two attached hydrogens (primary N) is 1. The van der Waals surface area contributed by atoms with Crippen LogP contribution in [-0.4, -0.2) is 58.8 Å². The quantitative estimate of drug-likeness (QED) is 0.518. The Bertz CT molecular complexity index is 1300. The van der Waals surface area contributed by atoms with Crippen LogP contribution in [0.3, 0.4) is 0 Å². The number of halogens is 1. The highest BCUT2D eigenvalue weighted by Gasteiger charge is 2.30. The highest BCUT2D eigenvalue weighted by molar-refractivity contribution is 5.66. The van der Waals surface area contributed by atoms with Gasteiger partial charge in [0.2, 0.25) is 0 Å². The Hall–Kier alpha value is -3.13. The van der Waals surface area contributed by atoms with Gasteiger partial charge in [-0.2, -0.15) is 9.61 Å². The van der Waals surface area contributed by atoms with Gasteiger partial charge >= 0.3 is 0 Å². The van der Waals surface area contributed by atoms with E-state index in [0.717, 1.165) is 112 Å². The Balaban J connectivity index is 1.48. The standard InChI is InChI=1S/C30H40FN7/c1-22-25-19-24(31)12-11-23(25)9-3-2-5-16-36(18-13-32)30-21-28(35-14-7-8-15-35)33-29-20-26(34-38(29)30)27-10-4-6-17-37(22)27/h11-12,19-21,27H,1-10,13-18,32H2. The van der Waals surface area contributed by atoms with E-state index in [2.05, 4.69) is 33.4 Å². The number of nitrogens with zero attached hydrogens (tertiary/aromatic N) is 6. The van der Waals surface area contributed by atoms with Crippen LogP contribution in [0.5, 0.6) is 0 Å². The number of hydrogen-bond acceptors (Lipinski definition) is 6. The van der Waals surface area contributed by atoms with Gasteiger partial charge in [0.25, 0.3) is 0 Å². The average molecular weight is 518 g/mol. The molecule has 2 saturated heterocycles. The van der Waals surface area contributed by atoms with E-state index in [1.165, 1.54) is 18.4 Å². The van der Waals surface area contributed by atoms with Crippen molar-refractivity contribution in [3.8, 4) is 0 Å². The van der Waals surface area contributed by atoms with Crippen molar-refractivity contribution in [2.75, 3.05) is 49.1 Å². The van der Waals surface area contributed by atoms with Crippen LogP contribution < -0.4 is 15.5 Å². The monoisotopic (exact) mass is 517 g/mol. The van der Waals surface area contributed by atoms with E-state index < -0.39 is 0 Å². The molecule has 7 nitrogen and oxygen atoms in total. The molecule has 2 aromatic heterocycles. The molecule has 0 spiro atoms. The second-order valence-electron chi connectivity index (χ2n) is 11.0. The third-order valence-electron chi connectivity index (χ3n) is 8.51. The average Bonchev–Trinajstić information content (AvgIpc) is 3.62. The molecule has 3 aliphatic heterocycles. The lowest BCUT2D eigenvalue weighted by Crippen LogP contribution is -2.33. The van der Waals surface area contributed by atoms with Gasteiger partial charge in [0.05, 0.1) is 11.7 Å². The minimum Gasteiger partial charge on any atom is -0.363 e. The number of benzene rings is 1. The van der Waals surface area contributed by atoms with E-state index in [0.29, 0.717) is 6.54 Å². The summed E-state index contributed by atoms with van der Waals surface area (Å²) in [7, 11) is 0. The molecule has 0 saturated carbocycles. The van der Waals surface area contributed by atoms with Crippen molar-refractivity contribution in [2.45, 2.75) is 63.8 Å². The first kappa shape index (κ1) is 25.2. The first-order valence-electron chi connectivity index (χ1n) is 14.5. The maximum absolute atomic E-state index is 14.5. The fraction of sp³-hybridized carbons (Fsp3) is 0.533. The fourth-order valence-electron chi connectivity index (χ4n) is 6.50. The van der Waals surface area contributed by atoms with Gasteiger partial charge in [-0.05, 0) is 69.1 Å². The summed E-state index contributed by atoms with van der Waals surface area (Å²) in [6.07, 6.45) is 9.78. The van der Waals surface area contributed by atoms with Gasteiger partial charge in [-0.25, -0.2) is 9.37 Å². The van der Waals surface area contributed by atoms with Gasteiger partial charge in [-0.15, -0.1) is 0 Å². The molecular weight excluding hydrogens is 477 g/mol. The second-order valence-corrected chi connectivity index (χ2v) is 11.0. The van der Waals surface area contributed by atoms with E-state index >= 15 is 0 Å². The maximum Gasteiger partial charge on any atom is 0.160 e. The number of hydrogen-bond donors (Lipinski definition) is 1. The Kier molecular flexibility index (Phi) is 7.24. The highest BCUT2D eigenvalue weighted by atomic mass is 19.1. The van der Waals surface area contributed by atoms with Crippen molar-refractivity contribution in [1.82, 2.24) is 19.5 Å². The molecule has 0 amide bonds. The largest absolute Gasteiger partial charge is 0.363 e. The van der Waals surface area contributed by atoms with Crippen molar-refractivity contribution < 1.29 is 4.39 Å². The van der Waals surface area contributed by atoms with Crippen molar-refractivity contribution >= 4 is 23.0 Å². The molecule has 2 bridgehead atoms. The minimum atomic E-state index is -0.204. The summed E-state index contributed by atoms with van der Waals surface area (Å²) in [5.41, 5.74) is 11.0. The van der Waals surface area contributed by atoms with Crippen molar-refractivity contribution in [3.63, 3.8) is 0 Å². The Morgan fingerprint density at radius 3 is 2.61 bits per heavy atom. The molecule has 1 aromatic carbocycles. The van der Waals surface area contributed by atoms with Crippen LogP contribution in [0.2, 0.25) is 0 Å². The molecule has 6 rings (SSSR count). The van der Waals surface area contributed by atoms with Crippen LogP contribution in [0.1, 0.15) is 74.2 Å². The lowest BCUT2D eigenvalue weighted by Gasteiger charge is -2.38. The topological polar surface area (TPSA) is 65.9 Å². The molecule has 1 atom stereocenters. The van der Waals surface area contributed by atoms with Crippen LogP contribution in [0.4, 0.5) is 16.0 Å². The maximum atomic E-state index is 14.5. The van der Waals surface area contributed by atoms with E-state index in [1.807, 2.05) is 10.6 Å². The van der Waals surface area contributed by atoms with E-state index in [4.69, 9.17) is 15.8 Å². The number of aryl methyl sites for hydroxylation is 1. The Morgan fingerprint density at radius 1 is 0.947 bits per heavy atom. The van der Waals surface area contributed by atoms with Crippen LogP contribution in [-0.2, 0) is 6.42 Å². The van der Waals surface area contributed by atoms with E-state index in [-0.39, 0.29) is 11.9 Å². The zero-order valence-corrected chi connectivity index (χ0v) is 22.4. The number of aromatic nitrogens is 3. The van der Waals surface area contributed by atoms with Crippen molar-refractivity contribution in [2.24, 2.45) is 5.73 Å². The predicted octanol–water partition coefficient (Wildman–Crippen LogP) is 5.16. The van der Waals surface area contributed by atoms with Gasteiger partial charge in [-0.3, -0.25) is 0 Å². The third-order valence-corrected chi connectivity index (χ3v) is 8.51.